The molecule has 1 aromatic heterocycles. The van der Waals surface area contributed by atoms with Gasteiger partial charge in [-0.25, -0.2) is 4.98 Å². The average Bonchev–Trinajstić information content (AvgIpc) is 2.76. The van der Waals surface area contributed by atoms with Gasteiger partial charge in [0.1, 0.15) is 5.75 Å². The maximum absolute atomic E-state index is 12.9. The van der Waals surface area contributed by atoms with E-state index in [4.69, 9.17) is 9.72 Å². The summed E-state index contributed by atoms with van der Waals surface area (Å²) in [5.41, 5.74) is 3.18. The summed E-state index contributed by atoms with van der Waals surface area (Å²) in [5, 5.41) is 3.92. The average molecular weight is 377 g/mol. The first-order valence-electron chi connectivity index (χ1n) is 9.71. The number of ether oxygens (including phenoxy) is 1. The lowest BCUT2D eigenvalue weighted by atomic mass is 10.0. The van der Waals surface area contributed by atoms with Crippen LogP contribution in [0.3, 0.4) is 0 Å². The van der Waals surface area contributed by atoms with E-state index in [-0.39, 0.29) is 5.91 Å². The smallest absolute Gasteiger partial charge is 0.252 e. The highest BCUT2D eigenvalue weighted by Crippen LogP contribution is 2.26. The molecule has 3 rings (SSSR count). The molecule has 1 N–H and O–H groups in total. The monoisotopic (exact) mass is 377 g/mol. The fraction of sp³-hybridized carbons (Fsp3) is 0.304. The number of aromatic nitrogens is 1. The third kappa shape index (κ3) is 4.49. The van der Waals surface area contributed by atoms with Crippen LogP contribution in [0.1, 0.15) is 24.2 Å². The first-order chi connectivity index (χ1) is 13.7. The first-order valence-corrected chi connectivity index (χ1v) is 9.71. The van der Waals surface area contributed by atoms with Crippen molar-refractivity contribution in [2.75, 3.05) is 33.3 Å². The molecule has 0 fully saturated rings. The maximum atomic E-state index is 12.9. The van der Waals surface area contributed by atoms with E-state index in [2.05, 4.69) is 24.1 Å². The lowest BCUT2D eigenvalue weighted by molar-refractivity contribution is 0.0950. The summed E-state index contributed by atoms with van der Waals surface area (Å²) >= 11 is 0. The SMILES string of the molecule is CCN(CC)CCNC(=O)c1cc(-c2ccc(OC)cc2)nc2ccccc12. The second-order valence-corrected chi connectivity index (χ2v) is 6.58. The predicted molar refractivity (Wildman–Crippen MR) is 114 cm³/mol. The molecule has 0 aliphatic carbocycles. The van der Waals surface area contributed by atoms with Gasteiger partial charge in [-0.2, -0.15) is 0 Å². The van der Waals surface area contributed by atoms with E-state index in [0.29, 0.717) is 12.1 Å². The minimum absolute atomic E-state index is 0.0690. The molecule has 0 radical (unpaired) electrons. The fourth-order valence-electron chi connectivity index (χ4n) is 3.24. The zero-order chi connectivity index (χ0) is 19.9. The van der Waals surface area contributed by atoms with Crippen molar-refractivity contribution < 1.29 is 9.53 Å². The van der Waals surface area contributed by atoms with Gasteiger partial charge in [0.25, 0.3) is 5.91 Å². The normalized spacial score (nSPS) is 11.0. The second-order valence-electron chi connectivity index (χ2n) is 6.58. The summed E-state index contributed by atoms with van der Waals surface area (Å²) in [6.45, 7) is 7.67. The molecule has 0 unspecified atom stereocenters. The largest absolute Gasteiger partial charge is 0.497 e. The Kier molecular flexibility index (Phi) is 6.61. The minimum Gasteiger partial charge on any atom is -0.497 e. The topological polar surface area (TPSA) is 54.5 Å². The quantitative estimate of drug-likeness (QED) is 0.645. The number of hydrogen-bond acceptors (Lipinski definition) is 4. The van der Waals surface area contributed by atoms with Crippen LogP contribution in [-0.2, 0) is 0 Å². The van der Waals surface area contributed by atoms with Crippen LogP contribution in [-0.4, -0.2) is 49.1 Å². The summed E-state index contributed by atoms with van der Waals surface area (Å²) in [5.74, 6) is 0.722. The lowest BCUT2D eigenvalue weighted by Crippen LogP contribution is -2.34. The predicted octanol–water partition coefficient (Wildman–Crippen LogP) is 3.98. The van der Waals surface area contributed by atoms with Gasteiger partial charge in [-0.15, -0.1) is 0 Å². The third-order valence-corrected chi connectivity index (χ3v) is 4.95. The Hall–Kier alpha value is -2.92. The van der Waals surface area contributed by atoms with Gasteiger partial charge in [0.2, 0.25) is 0 Å². The Bertz CT molecular complexity index is 934. The molecule has 0 aliphatic rings. The molecule has 0 aliphatic heterocycles. The molecule has 5 nitrogen and oxygen atoms in total. The molecule has 0 bridgehead atoms. The van der Waals surface area contributed by atoms with E-state index in [9.17, 15) is 4.79 Å². The minimum atomic E-state index is -0.0690. The number of pyridine rings is 1. The standard InChI is InChI=1S/C23H27N3O2/c1-4-26(5-2)15-14-24-23(27)20-16-22(17-10-12-18(28-3)13-11-17)25-21-9-7-6-8-19(20)21/h6-13,16H,4-5,14-15H2,1-3H3,(H,24,27). The van der Waals surface area contributed by atoms with E-state index in [0.717, 1.165) is 47.5 Å². The van der Waals surface area contributed by atoms with Gasteiger partial charge in [0.15, 0.2) is 0 Å². The van der Waals surface area contributed by atoms with Gasteiger partial charge in [-0.1, -0.05) is 32.0 Å². The first kappa shape index (κ1) is 19.8. The molecular weight excluding hydrogens is 350 g/mol. The molecule has 1 heterocycles. The number of para-hydroxylation sites is 1. The van der Waals surface area contributed by atoms with Crippen LogP contribution in [0, 0.1) is 0 Å². The number of carbonyl (C=O) groups is 1. The van der Waals surface area contributed by atoms with Crippen LogP contribution in [0.25, 0.3) is 22.2 Å². The summed E-state index contributed by atoms with van der Waals surface area (Å²) in [6.07, 6.45) is 0. The van der Waals surface area contributed by atoms with Crippen molar-refractivity contribution in [3.05, 3.63) is 60.2 Å². The molecule has 0 spiro atoms. The van der Waals surface area contributed by atoms with E-state index < -0.39 is 0 Å². The van der Waals surface area contributed by atoms with Crippen molar-refractivity contribution in [2.45, 2.75) is 13.8 Å². The molecule has 0 atom stereocenters. The number of hydrogen-bond donors (Lipinski definition) is 1. The van der Waals surface area contributed by atoms with Crippen molar-refractivity contribution >= 4 is 16.8 Å². The molecule has 0 saturated heterocycles. The third-order valence-electron chi connectivity index (χ3n) is 4.95. The molecule has 2 aromatic carbocycles. The van der Waals surface area contributed by atoms with Crippen molar-refractivity contribution in [3.63, 3.8) is 0 Å². The number of fused-ring (bicyclic) bond motifs is 1. The Morgan fingerprint density at radius 3 is 2.46 bits per heavy atom. The zero-order valence-electron chi connectivity index (χ0n) is 16.7. The Morgan fingerprint density at radius 2 is 1.79 bits per heavy atom. The van der Waals surface area contributed by atoms with Crippen molar-refractivity contribution in [2.24, 2.45) is 0 Å². The maximum Gasteiger partial charge on any atom is 0.252 e. The van der Waals surface area contributed by atoms with Crippen LogP contribution in [0.2, 0.25) is 0 Å². The molecule has 5 heteroatoms. The molecule has 146 valence electrons. The molecular formula is C23H27N3O2. The summed E-state index contributed by atoms with van der Waals surface area (Å²) < 4.78 is 5.23. The van der Waals surface area contributed by atoms with Gasteiger partial charge < -0.3 is 15.0 Å². The zero-order valence-corrected chi connectivity index (χ0v) is 16.7. The number of benzene rings is 2. The Morgan fingerprint density at radius 1 is 1.07 bits per heavy atom. The van der Waals surface area contributed by atoms with E-state index in [1.54, 1.807) is 7.11 Å². The highest BCUT2D eigenvalue weighted by Gasteiger charge is 2.14. The van der Waals surface area contributed by atoms with Gasteiger partial charge >= 0.3 is 0 Å². The number of nitrogens with one attached hydrogen (secondary N) is 1. The number of methoxy groups -OCH3 is 1. The van der Waals surface area contributed by atoms with Crippen LogP contribution in [0.15, 0.2) is 54.6 Å². The van der Waals surface area contributed by atoms with Gasteiger partial charge in [-0.3, -0.25) is 4.79 Å². The highest BCUT2D eigenvalue weighted by atomic mass is 16.5. The number of carbonyl (C=O) groups excluding carboxylic acids is 1. The summed E-state index contributed by atoms with van der Waals surface area (Å²) in [6, 6.07) is 17.3. The summed E-state index contributed by atoms with van der Waals surface area (Å²) in [4.78, 5) is 20.0. The molecule has 28 heavy (non-hydrogen) atoms. The van der Waals surface area contributed by atoms with Crippen LogP contribution >= 0.6 is 0 Å². The molecule has 1 amide bonds. The van der Waals surface area contributed by atoms with Crippen molar-refractivity contribution in [1.82, 2.24) is 15.2 Å². The lowest BCUT2D eigenvalue weighted by Gasteiger charge is -2.18. The second kappa shape index (κ2) is 9.33. The summed E-state index contributed by atoms with van der Waals surface area (Å²) in [7, 11) is 1.64. The molecule has 3 aromatic rings. The van der Waals surface area contributed by atoms with E-state index >= 15 is 0 Å². The number of amides is 1. The van der Waals surface area contributed by atoms with E-state index in [1.165, 1.54) is 0 Å². The van der Waals surface area contributed by atoms with Gasteiger partial charge in [0.05, 0.1) is 23.9 Å². The van der Waals surface area contributed by atoms with Crippen molar-refractivity contribution in [3.8, 4) is 17.0 Å². The van der Waals surface area contributed by atoms with Gasteiger partial charge in [-0.05, 0) is 49.5 Å². The number of rotatable bonds is 8. The van der Waals surface area contributed by atoms with Crippen LogP contribution < -0.4 is 10.1 Å². The van der Waals surface area contributed by atoms with E-state index in [1.807, 2.05) is 54.6 Å². The van der Waals surface area contributed by atoms with Crippen LogP contribution in [0.4, 0.5) is 0 Å². The Labute approximate surface area is 166 Å². The number of nitrogens with zero attached hydrogens (tertiary/aromatic N) is 2. The molecule has 0 saturated carbocycles. The number of likely N-dealkylation sites (N-methyl/N-ethyl adjacent to an activating group) is 1. The van der Waals surface area contributed by atoms with Crippen LogP contribution in [0.5, 0.6) is 5.75 Å². The Balaban J connectivity index is 1.90. The highest BCUT2D eigenvalue weighted by molar-refractivity contribution is 6.07. The fourth-order valence-corrected chi connectivity index (χ4v) is 3.24. The van der Waals surface area contributed by atoms with Gasteiger partial charge in [0, 0.05) is 24.0 Å². The van der Waals surface area contributed by atoms with Crippen molar-refractivity contribution in [1.29, 1.82) is 0 Å².